The number of nitrogens with two attached hydrogens (primary N) is 1. The van der Waals surface area contributed by atoms with Crippen molar-refractivity contribution >= 4 is 17.9 Å². The maximum Gasteiger partial charge on any atom is 0.146 e. The Kier molecular flexibility index (Phi) is 9.27. The van der Waals surface area contributed by atoms with Crippen LogP contribution in [-0.2, 0) is 15.1 Å². The Morgan fingerprint density at radius 3 is 2.57 bits per heavy atom. The Hall–Kier alpha value is -2.00. The van der Waals surface area contributed by atoms with Crippen molar-refractivity contribution in [3.63, 3.8) is 0 Å². The molecule has 2 aromatic carbocycles. The number of ether oxygens (including phenoxy) is 2. The van der Waals surface area contributed by atoms with Gasteiger partial charge in [0.2, 0.25) is 0 Å². The van der Waals surface area contributed by atoms with Gasteiger partial charge in [0.15, 0.2) is 0 Å². The Balaban J connectivity index is 1.67. The van der Waals surface area contributed by atoms with Gasteiger partial charge in [-0.05, 0) is 63.3 Å². The summed E-state index contributed by atoms with van der Waals surface area (Å²) in [5.74, 6) is 0.938. The number of rotatable bonds is 11. The van der Waals surface area contributed by atoms with Gasteiger partial charge < -0.3 is 30.2 Å². The number of carbonyl (C=O) groups is 1. The van der Waals surface area contributed by atoms with Crippen molar-refractivity contribution in [3.8, 4) is 11.5 Å². The van der Waals surface area contributed by atoms with Gasteiger partial charge in [0, 0.05) is 44.2 Å². The third kappa shape index (κ3) is 6.03. The molecular formula is C29H39ClN2O5. The lowest BCUT2D eigenvalue weighted by molar-refractivity contribution is -0.125. The van der Waals surface area contributed by atoms with Gasteiger partial charge in [0.1, 0.15) is 17.8 Å². The first-order chi connectivity index (χ1) is 17.8. The normalized spacial score (nSPS) is 28.1. The van der Waals surface area contributed by atoms with E-state index in [4.69, 9.17) is 26.8 Å². The van der Waals surface area contributed by atoms with Gasteiger partial charge in [0.05, 0.1) is 22.3 Å². The lowest BCUT2D eigenvalue weighted by Crippen LogP contribution is -2.56. The van der Waals surface area contributed by atoms with Crippen molar-refractivity contribution in [3.05, 3.63) is 59.1 Å². The van der Waals surface area contributed by atoms with Crippen LogP contribution in [0.4, 0.5) is 0 Å². The smallest absolute Gasteiger partial charge is 0.146 e. The summed E-state index contributed by atoms with van der Waals surface area (Å²) in [7, 11) is 1.68. The van der Waals surface area contributed by atoms with Crippen molar-refractivity contribution < 1.29 is 24.5 Å². The quantitative estimate of drug-likeness (QED) is 0.294. The number of unbranched alkanes of at least 4 members (excludes halogenated alkanes) is 1. The van der Waals surface area contributed by atoms with E-state index in [9.17, 15) is 15.0 Å². The molecule has 0 radical (unpaired) electrons. The van der Waals surface area contributed by atoms with E-state index in [0.717, 1.165) is 38.5 Å². The van der Waals surface area contributed by atoms with Gasteiger partial charge in [-0.3, -0.25) is 4.90 Å². The number of carbonyl (C=O) groups excluding carboxylic acids is 1. The third-order valence-corrected chi connectivity index (χ3v) is 8.47. The Morgan fingerprint density at radius 2 is 1.89 bits per heavy atom. The minimum absolute atomic E-state index is 0.148. The second-order valence-electron chi connectivity index (χ2n) is 10.5. The maximum atomic E-state index is 12.5. The molecule has 7 nitrogen and oxygen atoms in total. The molecule has 1 aliphatic carbocycles. The largest absolute Gasteiger partial charge is 0.455 e. The molecule has 2 fully saturated rings. The van der Waals surface area contributed by atoms with Crippen LogP contribution >= 0.6 is 11.6 Å². The number of aldehydes is 1. The molecule has 4 rings (SSSR count). The van der Waals surface area contributed by atoms with Gasteiger partial charge in [-0.2, -0.15) is 0 Å². The predicted octanol–water partition coefficient (Wildman–Crippen LogP) is 4.27. The number of methoxy groups -OCH3 is 1. The molecule has 0 aromatic heterocycles. The van der Waals surface area contributed by atoms with E-state index in [1.807, 2.05) is 42.5 Å². The molecule has 1 saturated heterocycles. The molecule has 202 valence electrons. The fraction of sp³-hybridized carbons (Fsp3) is 0.552. The van der Waals surface area contributed by atoms with Crippen LogP contribution in [0.5, 0.6) is 11.5 Å². The number of para-hydroxylation sites is 2. The van der Waals surface area contributed by atoms with Crippen molar-refractivity contribution in [2.24, 2.45) is 11.7 Å². The third-order valence-electron chi connectivity index (χ3n) is 8.16. The van der Waals surface area contributed by atoms with Gasteiger partial charge in [-0.1, -0.05) is 41.9 Å². The molecular weight excluding hydrogens is 492 g/mol. The number of halogens is 1. The summed E-state index contributed by atoms with van der Waals surface area (Å²) in [6.45, 7) is 1.88. The highest BCUT2D eigenvalue weighted by Gasteiger charge is 2.51. The van der Waals surface area contributed by atoms with E-state index < -0.39 is 23.3 Å². The standard InChI is InChI=1S/C29H39ClN2O5/c1-36-16-7-6-14-29(35,22-10-2-4-12-26(22)37-27-13-5-3-11-23(27)30)21-9-8-15-32(19-21)28(20-33)17-24(31)25(34)18-28/h2-5,10-13,20-21,24-25,34-35H,6-9,14-19,31H2,1H3/t21-,24-,25+,28+,29+/m1/s1. The van der Waals surface area contributed by atoms with Crippen LogP contribution in [0.1, 0.15) is 50.5 Å². The van der Waals surface area contributed by atoms with Crippen LogP contribution in [-0.4, -0.2) is 65.9 Å². The fourth-order valence-electron chi connectivity index (χ4n) is 6.10. The van der Waals surface area contributed by atoms with Gasteiger partial charge in [0.25, 0.3) is 0 Å². The highest BCUT2D eigenvalue weighted by molar-refractivity contribution is 6.32. The van der Waals surface area contributed by atoms with Gasteiger partial charge >= 0.3 is 0 Å². The lowest BCUT2D eigenvalue weighted by atomic mass is 9.73. The SMILES string of the molecule is COCCCC[C@@](O)(c1ccccc1Oc1ccccc1Cl)[C@@H]1CCCN([C@@]2(C=O)C[C@@H](N)[C@@H](O)C2)C1. The minimum Gasteiger partial charge on any atom is -0.455 e. The first kappa shape index (κ1) is 28.0. The second-order valence-corrected chi connectivity index (χ2v) is 11.0. The Bertz CT molecular complexity index is 1040. The van der Waals surface area contributed by atoms with Crippen LogP contribution < -0.4 is 10.5 Å². The van der Waals surface area contributed by atoms with E-state index in [2.05, 4.69) is 4.90 Å². The fourth-order valence-corrected chi connectivity index (χ4v) is 6.27. The van der Waals surface area contributed by atoms with E-state index in [1.165, 1.54) is 0 Å². The second kappa shape index (κ2) is 12.2. The molecule has 1 saturated carbocycles. The number of aliphatic hydroxyl groups excluding tert-OH is 1. The molecule has 0 unspecified atom stereocenters. The Morgan fingerprint density at radius 1 is 1.16 bits per heavy atom. The summed E-state index contributed by atoms with van der Waals surface area (Å²) >= 11 is 6.38. The topological polar surface area (TPSA) is 105 Å². The number of piperidine rings is 1. The number of hydrogen-bond donors (Lipinski definition) is 3. The molecule has 0 amide bonds. The average Bonchev–Trinajstić information content (AvgIpc) is 3.22. The average molecular weight is 531 g/mol. The zero-order valence-electron chi connectivity index (χ0n) is 21.5. The summed E-state index contributed by atoms with van der Waals surface area (Å²) in [5, 5.41) is 23.4. The van der Waals surface area contributed by atoms with Crippen LogP contribution in [0.3, 0.4) is 0 Å². The monoisotopic (exact) mass is 530 g/mol. The number of benzene rings is 2. The molecule has 0 spiro atoms. The van der Waals surface area contributed by atoms with E-state index >= 15 is 0 Å². The molecule has 2 aromatic rings. The van der Waals surface area contributed by atoms with E-state index in [0.29, 0.717) is 54.5 Å². The van der Waals surface area contributed by atoms with E-state index in [-0.39, 0.29) is 5.92 Å². The molecule has 37 heavy (non-hydrogen) atoms. The molecule has 1 heterocycles. The van der Waals surface area contributed by atoms with Crippen molar-refractivity contribution in [1.82, 2.24) is 4.90 Å². The summed E-state index contributed by atoms with van der Waals surface area (Å²) in [6, 6.07) is 14.4. The molecule has 4 N–H and O–H groups in total. The summed E-state index contributed by atoms with van der Waals surface area (Å²) in [5.41, 5.74) is 4.83. The number of nitrogens with zero attached hydrogens (tertiary/aromatic N) is 1. The lowest BCUT2D eigenvalue weighted by Gasteiger charge is -2.47. The zero-order chi connectivity index (χ0) is 26.5. The molecule has 8 heteroatoms. The highest BCUT2D eigenvalue weighted by atomic mass is 35.5. The zero-order valence-corrected chi connectivity index (χ0v) is 22.3. The van der Waals surface area contributed by atoms with Crippen molar-refractivity contribution in [1.29, 1.82) is 0 Å². The molecule has 0 bridgehead atoms. The minimum atomic E-state index is -1.20. The predicted molar refractivity (Wildman–Crippen MR) is 144 cm³/mol. The first-order valence-electron chi connectivity index (χ1n) is 13.2. The van der Waals surface area contributed by atoms with E-state index in [1.54, 1.807) is 13.2 Å². The summed E-state index contributed by atoms with van der Waals surface area (Å²) < 4.78 is 11.5. The van der Waals surface area contributed by atoms with Gasteiger partial charge in [-0.25, -0.2) is 0 Å². The summed E-state index contributed by atoms with van der Waals surface area (Å²) in [4.78, 5) is 14.5. The molecule has 5 atom stereocenters. The first-order valence-corrected chi connectivity index (χ1v) is 13.6. The van der Waals surface area contributed by atoms with Crippen LogP contribution in [0.15, 0.2) is 48.5 Å². The number of aliphatic hydroxyl groups is 2. The van der Waals surface area contributed by atoms with Crippen LogP contribution in [0.2, 0.25) is 5.02 Å². The van der Waals surface area contributed by atoms with Crippen molar-refractivity contribution in [2.45, 2.75) is 68.2 Å². The van der Waals surface area contributed by atoms with Crippen LogP contribution in [0, 0.1) is 5.92 Å². The van der Waals surface area contributed by atoms with Crippen molar-refractivity contribution in [2.75, 3.05) is 26.8 Å². The molecule has 1 aliphatic heterocycles. The maximum absolute atomic E-state index is 12.5. The number of likely N-dealkylation sites (tertiary alicyclic amines) is 1. The summed E-state index contributed by atoms with van der Waals surface area (Å²) in [6.07, 6.45) is 4.74. The Labute approximate surface area is 224 Å². The van der Waals surface area contributed by atoms with Gasteiger partial charge in [-0.15, -0.1) is 0 Å². The highest BCUT2D eigenvalue weighted by Crippen LogP contribution is 2.46. The molecule has 2 aliphatic rings. The van der Waals surface area contributed by atoms with Crippen LogP contribution in [0.25, 0.3) is 0 Å². The number of hydrogen-bond acceptors (Lipinski definition) is 7.